The molecule has 0 amide bonds. The molecule has 2 nitrogen and oxygen atoms in total. The quantitative estimate of drug-likeness (QED) is 0.167. The van der Waals surface area contributed by atoms with Gasteiger partial charge in [0.2, 0.25) is 0 Å². The molecular weight excluding hydrogens is 366 g/mol. The fraction of sp³-hybridized carbons (Fsp3) is 0.682. The van der Waals surface area contributed by atoms with Crippen molar-refractivity contribution in [2.45, 2.75) is 88.2 Å². The number of unbranched alkanes of at least 4 members (excludes halogenated alkanes) is 5. The summed E-state index contributed by atoms with van der Waals surface area (Å²) in [6, 6.07) is 6.31. The highest BCUT2D eigenvalue weighted by Gasteiger charge is 2.27. The first kappa shape index (κ1) is 22.2. The molecule has 0 atom stereocenters. The number of rotatable bonds is 11. The number of esters is 1. The van der Waals surface area contributed by atoms with E-state index in [4.69, 9.17) is 4.74 Å². The molecule has 0 bridgehead atoms. The van der Waals surface area contributed by atoms with Gasteiger partial charge in [-0.2, -0.15) is 8.78 Å². The minimum atomic E-state index is -2.44. The molecule has 0 spiro atoms. The zero-order chi connectivity index (χ0) is 19.5. The van der Waals surface area contributed by atoms with E-state index in [1.807, 2.05) is 0 Å². The zero-order valence-corrected chi connectivity index (χ0v) is 17.1. The van der Waals surface area contributed by atoms with Crippen LogP contribution in [0.2, 0.25) is 0 Å². The molecular formula is C22H32F2O2S. The first-order valence-corrected chi connectivity index (χ1v) is 11.2. The van der Waals surface area contributed by atoms with E-state index in [0.717, 1.165) is 31.6 Å². The predicted octanol–water partition coefficient (Wildman–Crippen LogP) is 7.46. The molecule has 1 aliphatic rings. The van der Waals surface area contributed by atoms with Gasteiger partial charge in [-0.25, -0.2) is 0 Å². The average molecular weight is 399 g/mol. The number of alkyl halides is 2. The van der Waals surface area contributed by atoms with E-state index < -0.39 is 5.76 Å². The largest absolute Gasteiger partial charge is 0.426 e. The van der Waals surface area contributed by atoms with Gasteiger partial charge in [-0.05, 0) is 55.9 Å². The van der Waals surface area contributed by atoms with Crippen LogP contribution in [0.15, 0.2) is 29.2 Å². The fourth-order valence-corrected chi connectivity index (χ4v) is 4.29. The van der Waals surface area contributed by atoms with Crippen molar-refractivity contribution in [3.05, 3.63) is 24.3 Å². The van der Waals surface area contributed by atoms with Crippen molar-refractivity contribution >= 4 is 17.7 Å². The highest BCUT2D eigenvalue weighted by Crippen LogP contribution is 2.33. The highest BCUT2D eigenvalue weighted by atomic mass is 32.2. The smallest absolute Gasteiger partial charge is 0.314 e. The molecule has 1 saturated carbocycles. The van der Waals surface area contributed by atoms with Crippen LogP contribution in [0, 0.1) is 11.8 Å². The van der Waals surface area contributed by atoms with Crippen molar-refractivity contribution in [3.63, 3.8) is 0 Å². The number of hydrogen-bond donors (Lipinski definition) is 0. The highest BCUT2D eigenvalue weighted by molar-refractivity contribution is 7.99. The Labute approximate surface area is 166 Å². The number of ether oxygens (including phenoxy) is 1. The van der Waals surface area contributed by atoms with Crippen molar-refractivity contribution in [2.75, 3.05) is 0 Å². The van der Waals surface area contributed by atoms with Crippen LogP contribution in [0.4, 0.5) is 8.78 Å². The maximum atomic E-state index is 12.4. The number of thioether (sulfide) groups is 1. The van der Waals surface area contributed by atoms with Crippen molar-refractivity contribution in [3.8, 4) is 5.75 Å². The Balaban J connectivity index is 1.64. The van der Waals surface area contributed by atoms with Gasteiger partial charge >= 0.3 is 5.97 Å². The summed E-state index contributed by atoms with van der Waals surface area (Å²) in [6.07, 6.45) is 13.3. The topological polar surface area (TPSA) is 26.3 Å². The Kier molecular flexibility index (Phi) is 10.2. The number of benzene rings is 1. The summed E-state index contributed by atoms with van der Waals surface area (Å²) in [5.41, 5.74) is 0. The second-order valence-corrected chi connectivity index (χ2v) is 8.61. The Hall–Kier alpha value is -1.10. The Morgan fingerprint density at radius 3 is 2.30 bits per heavy atom. The third-order valence-corrected chi connectivity index (χ3v) is 6.14. The van der Waals surface area contributed by atoms with E-state index in [1.165, 1.54) is 44.9 Å². The van der Waals surface area contributed by atoms with Crippen LogP contribution in [0.3, 0.4) is 0 Å². The lowest BCUT2D eigenvalue weighted by molar-refractivity contribution is -0.140. The summed E-state index contributed by atoms with van der Waals surface area (Å²) in [6.45, 7) is 2.24. The minimum absolute atomic E-state index is 0.0269. The standard InChI is InChI=1S/C22H32F2O2S/c1-2-3-4-5-6-7-8-17-9-11-18(12-10-17)21(25)26-19-13-15-20(16-14-19)27-22(23)24/h13-18,22H,2-12H2,1H3. The SMILES string of the molecule is CCCCCCCCC1CCC(C(=O)Oc2ccc(SC(F)F)cc2)CC1. The first-order chi connectivity index (χ1) is 13.1. The molecule has 0 unspecified atom stereocenters. The van der Waals surface area contributed by atoms with Gasteiger partial charge in [0.25, 0.3) is 5.76 Å². The molecule has 0 radical (unpaired) electrons. The second kappa shape index (κ2) is 12.4. The maximum Gasteiger partial charge on any atom is 0.314 e. The van der Waals surface area contributed by atoms with Gasteiger partial charge in [0.1, 0.15) is 5.75 Å². The Morgan fingerprint density at radius 2 is 1.67 bits per heavy atom. The Morgan fingerprint density at radius 1 is 1.04 bits per heavy atom. The predicted molar refractivity (Wildman–Crippen MR) is 107 cm³/mol. The molecule has 1 aliphatic carbocycles. The lowest BCUT2D eigenvalue weighted by Crippen LogP contribution is -2.25. The molecule has 2 rings (SSSR count). The normalized spacial score (nSPS) is 20.0. The van der Waals surface area contributed by atoms with Gasteiger partial charge in [0.05, 0.1) is 5.92 Å². The fourth-order valence-electron chi connectivity index (χ4n) is 3.79. The third-order valence-electron chi connectivity index (χ3n) is 5.41. The van der Waals surface area contributed by atoms with Gasteiger partial charge in [-0.1, -0.05) is 63.6 Å². The van der Waals surface area contributed by atoms with Crippen LogP contribution in [0.5, 0.6) is 5.75 Å². The molecule has 152 valence electrons. The second-order valence-electron chi connectivity index (χ2n) is 7.55. The van der Waals surface area contributed by atoms with E-state index >= 15 is 0 Å². The van der Waals surface area contributed by atoms with E-state index in [1.54, 1.807) is 24.3 Å². The van der Waals surface area contributed by atoms with E-state index in [-0.39, 0.29) is 11.9 Å². The van der Waals surface area contributed by atoms with Crippen LogP contribution in [-0.2, 0) is 4.79 Å². The summed E-state index contributed by atoms with van der Waals surface area (Å²) in [5.74, 6) is -1.45. The van der Waals surface area contributed by atoms with Gasteiger partial charge in [-0.15, -0.1) is 0 Å². The molecule has 0 N–H and O–H groups in total. The molecule has 0 heterocycles. The molecule has 1 fully saturated rings. The monoisotopic (exact) mass is 398 g/mol. The molecule has 1 aromatic rings. The number of carbonyl (C=O) groups is 1. The van der Waals surface area contributed by atoms with Crippen LogP contribution in [-0.4, -0.2) is 11.7 Å². The summed E-state index contributed by atoms with van der Waals surface area (Å²) >= 11 is 0.492. The molecule has 5 heteroatoms. The van der Waals surface area contributed by atoms with Gasteiger partial charge < -0.3 is 4.74 Å². The van der Waals surface area contributed by atoms with E-state index in [9.17, 15) is 13.6 Å². The average Bonchev–Trinajstić information content (AvgIpc) is 2.66. The molecule has 0 aliphatic heterocycles. The van der Waals surface area contributed by atoms with Crippen molar-refractivity contribution in [1.82, 2.24) is 0 Å². The molecule has 27 heavy (non-hydrogen) atoms. The third kappa shape index (κ3) is 8.63. The van der Waals surface area contributed by atoms with Crippen LogP contribution >= 0.6 is 11.8 Å². The number of carbonyl (C=O) groups excluding carboxylic acids is 1. The van der Waals surface area contributed by atoms with Crippen LogP contribution in [0.1, 0.15) is 77.6 Å². The molecule has 1 aromatic carbocycles. The van der Waals surface area contributed by atoms with Gasteiger partial charge in [-0.3, -0.25) is 4.79 Å². The summed E-state index contributed by atoms with van der Waals surface area (Å²) < 4.78 is 30.1. The summed E-state index contributed by atoms with van der Waals surface area (Å²) in [7, 11) is 0. The summed E-state index contributed by atoms with van der Waals surface area (Å²) in [5, 5.41) is 0. The van der Waals surface area contributed by atoms with Crippen molar-refractivity contribution in [2.24, 2.45) is 11.8 Å². The lowest BCUT2D eigenvalue weighted by Gasteiger charge is -2.27. The van der Waals surface area contributed by atoms with Gasteiger partial charge in [0.15, 0.2) is 0 Å². The van der Waals surface area contributed by atoms with Crippen LogP contribution < -0.4 is 4.74 Å². The Bertz CT molecular complexity index is 540. The molecule has 0 saturated heterocycles. The molecule has 0 aromatic heterocycles. The number of halogens is 2. The number of hydrogen-bond acceptors (Lipinski definition) is 3. The summed E-state index contributed by atoms with van der Waals surface area (Å²) in [4.78, 5) is 12.8. The zero-order valence-electron chi connectivity index (χ0n) is 16.3. The van der Waals surface area contributed by atoms with Crippen molar-refractivity contribution in [1.29, 1.82) is 0 Å². The van der Waals surface area contributed by atoms with Crippen molar-refractivity contribution < 1.29 is 18.3 Å². The lowest BCUT2D eigenvalue weighted by atomic mass is 9.80. The van der Waals surface area contributed by atoms with Gasteiger partial charge in [0, 0.05) is 4.90 Å². The first-order valence-electron chi connectivity index (χ1n) is 10.3. The van der Waals surface area contributed by atoms with E-state index in [0.29, 0.717) is 22.4 Å². The maximum absolute atomic E-state index is 12.4. The van der Waals surface area contributed by atoms with E-state index in [2.05, 4.69) is 6.92 Å². The minimum Gasteiger partial charge on any atom is -0.426 e. The van der Waals surface area contributed by atoms with Crippen LogP contribution in [0.25, 0.3) is 0 Å².